The van der Waals surface area contributed by atoms with Gasteiger partial charge >= 0.3 is 0 Å². The van der Waals surface area contributed by atoms with E-state index < -0.39 is 0 Å². The van der Waals surface area contributed by atoms with Crippen LogP contribution in [0, 0.1) is 18.8 Å². The van der Waals surface area contributed by atoms with Crippen LogP contribution in [0.4, 0.5) is 0 Å². The second-order valence-corrected chi connectivity index (χ2v) is 7.49. The third-order valence-corrected chi connectivity index (χ3v) is 5.43. The summed E-state index contributed by atoms with van der Waals surface area (Å²) in [6.07, 6.45) is 7.28. The molecule has 2 atom stereocenters. The van der Waals surface area contributed by atoms with Crippen molar-refractivity contribution in [2.24, 2.45) is 11.8 Å². The van der Waals surface area contributed by atoms with Crippen molar-refractivity contribution in [1.29, 1.82) is 0 Å². The molecule has 0 unspecified atom stereocenters. The molecule has 1 aliphatic heterocycles. The lowest BCUT2D eigenvalue weighted by molar-refractivity contribution is -0.134. The van der Waals surface area contributed by atoms with Gasteiger partial charge in [0, 0.05) is 37.8 Å². The fraction of sp³-hybridized carbons (Fsp3) is 0.579. The lowest BCUT2D eigenvalue weighted by Gasteiger charge is -2.37. The number of nitrogens with zero attached hydrogens (tertiary/aromatic N) is 3. The summed E-state index contributed by atoms with van der Waals surface area (Å²) in [6.45, 7) is 6.94. The van der Waals surface area contributed by atoms with Crippen molar-refractivity contribution in [2.45, 2.75) is 45.7 Å². The van der Waals surface area contributed by atoms with Gasteiger partial charge in [-0.1, -0.05) is 6.92 Å². The van der Waals surface area contributed by atoms with Gasteiger partial charge in [0.15, 0.2) is 0 Å². The first kappa shape index (κ1) is 15.6. The molecule has 2 fully saturated rings. The zero-order valence-corrected chi connectivity index (χ0v) is 14.5. The van der Waals surface area contributed by atoms with Gasteiger partial charge in [0.1, 0.15) is 5.65 Å². The van der Waals surface area contributed by atoms with Gasteiger partial charge in [-0.15, -0.1) is 0 Å². The molecule has 3 heterocycles. The van der Waals surface area contributed by atoms with Gasteiger partial charge in [-0.05, 0) is 49.8 Å². The van der Waals surface area contributed by atoms with E-state index in [1.165, 1.54) is 11.3 Å². The van der Waals surface area contributed by atoms with Crippen LogP contribution in [0.5, 0.6) is 0 Å². The zero-order valence-electron chi connectivity index (χ0n) is 14.5. The Hall–Kier alpha value is -1.88. The normalized spacial score (nSPS) is 24.5. The molecule has 24 heavy (non-hydrogen) atoms. The van der Waals surface area contributed by atoms with Gasteiger partial charge in [0.25, 0.3) is 0 Å². The molecule has 2 aromatic rings. The predicted molar refractivity (Wildman–Crippen MR) is 93.6 cm³/mol. The summed E-state index contributed by atoms with van der Waals surface area (Å²) in [6, 6.07) is 4.68. The summed E-state index contributed by atoms with van der Waals surface area (Å²) < 4.78 is 2.15. The highest BCUT2D eigenvalue weighted by Crippen LogP contribution is 2.32. The van der Waals surface area contributed by atoms with Gasteiger partial charge in [0.05, 0.1) is 11.9 Å². The van der Waals surface area contributed by atoms with E-state index in [0.29, 0.717) is 23.8 Å². The van der Waals surface area contributed by atoms with E-state index in [9.17, 15) is 4.79 Å². The molecule has 0 bridgehead atoms. The number of rotatable bonds is 4. The molecular formula is C19H26N4O. The van der Waals surface area contributed by atoms with Crippen molar-refractivity contribution in [2.75, 3.05) is 13.1 Å². The van der Waals surface area contributed by atoms with E-state index >= 15 is 0 Å². The average molecular weight is 326 g/mol. The molecule has 1 saturated carbocycles. The number of aryl methyl sites for hydroxylation is 1. The first-order chi connectivity index (χ1) is 11.6. The Balaban J connectivity index is 1.36. The van der Waals surface area contributed by atoms with Gasteiger partial charge in [0.2, 0.25) is 5.91 Å². The van der Waals surface area contributed by atoms with Crippen LogP contribution in [0.3, 0.4) is 0 Å². The van der Waals surface area contributed by atoms with Gasteiger partial charge in [-0.3, -0.25) is 4.79 Å². The number of fused-ring (bicyclic) bond motifs is 1. The molecule has 5 nitrogen and oxygen atoms in total. The van der Waals surface area contributed by atoms with E-state index in [1.54, 1.807) is 0 Å². The lowest BCUT2D eigenvalue weighted by Crippen LogP contribution is -2.50. The molecular weight excluding hydrogens is 300 g/mol. The number of carbonyl (C=O) groups is 1. The second-order valence-electron chi connectivity index (χ2n) is 7.49. The molecule has 1 amide bonds. The minimum Gasteiger partial charge on any atom is -0.342 e. The summed E-state index contributed by atoms with van der Waals surface area (Å²) in [4.78, 5) is 18.8. The Morgan fingerprint density at radius 3 is 2.96 bits per heavy atom. The zero-order chi connectivity index (χ0) is 16.7. The second kappa shape index (κ2) is 6.20. The number of hydrogen-bond donors (Lipinski definition) is 1. The van der Waals surface area contributed by atoms with Crippen LogP contribution in [0.25, 0.3) is 5.65 Å². The minimum atomic E-state index is 0.336. The van der Waals surface area contributed by atoms with Gasteiger partial charge < -0.3 is 14.6 Å². The molecule has 1 saturated heterocycles. The number of imidazole rings is 1. The predicted octanol–water partition coefficient (Wildman–Crippen LogP) is 2.38. The van der Waals surface area contributed by atoms with Crippen LogP contribution in [0.1, 0.15) is 37.4 Å². The molecule has 2 aliphatic rings. The third kappa shape index (κ3) is 3.05. The van der Waals surface area contributed by atoms with E-state index in [2.05, 4.69) is 51.8 Å². The highest BCUT2D eigenvalue weighted by Gasteiger charge is 2.36. The van der Waals surface area contributed by atoms with Crippen molar-refractivity contribution in [3.63, 3.8) is 0 Å². The van der Waals surface area contributed by atoms with Crippen molar-refractivity contribution in [3.05, 3.63) is 35.8 Å². The quantitative estimate of drug-likeness (QED) is 0.938. The molecule has 5 heteroatoms. The summed E-state index contributed by atoms with van der Waals surface area (Å²) >= 11 is 0. The minimum absolute atomic E-state index is 0.336. The van der Waals surface area contributed by atoms with Gasteiger partial charge in [-0.25, -0.2) is 4.98 Å². The van der Waals surface area contributed by atoms with Crippen LogP contribution < -0.4 is 5.32 Å². The number of carbonyl (C=O) groups excluding carboxylic acids is 1. The van der Waals surface area contributed by atoms with E-state index in [1.807, 2.05) is 6.20 Å². The smallest absolute Gasteiger partial charge is 0.225 e. The van der Waals surface area contributed by atoms with E-state index in [4.69, 9.17) is 0 Å². The number of hydrogen-bond acceptors (Lipinski definition) is 3. The standard InChI is InChI=1S/C19H26N4O/c1-13-5-8-23-16(11-21-18(23)9-13)10-20-17-6-7-22(12-14(17)2)19(24)15-3-4-15/h5,8-9,11,14-15,17,20H,3-4,6-7,10,12H2,1-2H3/t14-,17-/m0/s1. The molecule has 0 radical (unpaired) electrons. The average Bonchev–Trinajstić information content (AvgIpc) is 3.35. The maximum absolute atomic E-state index is 12.2. The largest absolute Gasteiger partial charge is 0.342 e. The molecule has 2 aromatic heterocycles. The molecule has 0 aromatic carbocycles. The summed E-state index contributed by atoms with van der Waals surface area (Å²) in [7, 11) is 0. The van der Waals surface area contributed by atoms with Crippen molar-refractivity contribution < 1.29 is 4.79 Å². The van der Waals surface area contributed by atoms with Crippen LogP contribution in [0.2, 0.25) is 0 Å². The fourth-order valence-corrected chi connectivity index (χ4v) is 3.74. The van der Waals surface area contributed by atoms with Crippen LogP contribution >= 0.6 is 0 Å². The highest BCUT2D eigenvalue weighted by molar-refractivity contribution is 5.81. The van der Waals surface area contributed by atoms with E-state index in [-0.39, 0.29) is 0 Å². The number of likely N-dealkylation sites (tertiary alicyclic amines) is 1. The topological polar surface area (TPSA) is 49.6 Å². The Bertz CT molecular complexity index is 749. The van der Waals surface area contributed by atoms with Gasteiger partial charge in [-0.2, -0.15) is 0 Å². The monoisotopic (exact) mass is 326 g/mol. The SMILES string of the molecule is Cc1ccn2c(CN[C@H]3CCN(C(=O)C4CC4)C[C@@H]3C)cnc2c1. The van der Waals surface area contributed by atoms with E-state index in [0.717, 1.165) is 44.5 Å². The van der Waals surface area contributed by atoms with Crippen molar-refractivity contribution >= 4 is 11.6 Å². The molecule has 1 N–H and O–H groups in total. The van der Waals surface area contributed by atoms with Crippen LogP contribution in [-0.2, 0) is 11.3 Å². The Morgan fingerprint density at radius 2 is 2.21 bits per heavy atom. The summed E-state index contributed by atoms with van der Waals surface area (Å²) in [5.41, 5.74) is 3.42. The first-order valence-corrected chi connectivity index (χ1v) is 9.06. The molecule has 4 rings (SSSR count). The first-order valence-electron chi connectivity index (χ1n) is 9.06. The van der Waals surface area contributed by atoms with Crippen LogP contribution in [-0.4, -0.2) is 39.3 Å². The molecule has 128 valence electrons. The number of aromatic nitrogens is 2. The molecule has 0 spiro atoms. The Kier molecular flexibility index (Phi) is 4.04. The highest BCUT2D eigenvalue weighted by atomic mass is 16.2. The Labute approximate surface area is 143 Å². The maximum Gasteiger partial charge on any atom is 0.225 e. The summed E-state index contributed by atoms with van der Waals surface area (Å²) in [5.74, 6) is 1.21. The number of nitrogens with one attached hydrogen (secondary N) is 1. The van der Waals surface area contributed by atoms with Crippen LogP contribution in [0.15, 0.2) is 24.5 Å². The number of amides is 1. The number of piperidine rings is 1. The molecule has 1 aliphatic carbocycles. The summed E-state index contributed by atoms with van der Waals surface area (Å²) in [5, 5.41) is 3.69. The Morgan fingerprint density at radius 1 is 1.38 bits per heavy atom. The third-order valence-electron chi connectivity index (χ3n) is 5.43. The number of pyridine rings is 1. The maximum atomic E-state index is 12.2. The lowest BCUT2D eigenvalue weighted by atomic mass is 9.93. The van der Waals surface area contributed by atoms with Crippen molar-refractivity contribution in [1.82, 2.24) is 19.6 Å². The fourth-order valence-electron chi connectivity index (χ4n) is 3.74. The van der Waals surface area contributed by atoms with Crippen molar-refractivity contribution in [3.8, 4) is 0 Å².